The summed E-state index contributed by atoms with van der Waals surface area (Å²) >= 11 is 0. The largest absolute Gasteiger partial charge is 0.325 e. The Morgan fingerprint density at radius 1 is 1.30 bits per heavy atom. The van der Waals surface area contributed by atoms with E-state index in [-0.39, 0.29) is 5.82 Å². The summed E-state index contributed by atoms with van der Waals surface area (Å²) in [7, 11) is 0. The second kappa shape index (κ2) is 4.55. The van der Waals surface area contributed by atoms with Crippen LogP contribution in [0.3, 0.4) is 0 Å². The van der Waals surface area contributed by atoms with Crippen LogP contribution in [-0.4, -0.2) is 22.1 Å². The Morgan fingerprint density at radius 3 is 2.90 bits per heavy atom. The number of imidazole rings is 1. The van der Waals surface area contributed by atoms with Gasteiger partial charge < -0.3 is 9.88 Å². The molecule has 2 fully saturated rings. The third-order valence-corrected chi connectivity index (χ3v) is 4.58. The van der Waals surface area contributed by atoms with Crippen molar-refractivity contribution in [3.63, 3.8) is 0 Å². The second-order valence-corrected chi connectivity index (χ2v) is 6.28. The molecule has 1 aromatic heterocycles. The first kappa shape index (κ1) is 12.3. The molecule has 1 N–H and O–H groups in total. The van der Waals surface area contributed by atoms with Crippen LogP contribution in [0.2, 0.25) is 0 Å². The Hall–Kier alpha value is -1.42. The van der Waals surface area contributed by atoms with Crippen LogP contribution in [0.25, 0.3) is 11.0 Å². The van der Waals surface area contributed by atoms with E-state index in [0.29, 0.717) is 18.0 Å². The van der Waals surface area contributed by atoms with E-state index in [1.807, 2.05) is 6.07 Å². The maximum absolute atomic E-state index is 13.6. The smallest absolute Gasteiger partial charge is 0.125 e. The maximum atomic E-state index is 13.6. The van der Waals surface area contributed by atoms with Gasteiger partial charge in [0.2, 0.25) is 0 Å². The van der Waals surface area contributed by atoms with Gasteiger partial charge in [-0.15, -0.1) is 0 Å². The number of benzene rings is 1. The molecule has 1 aliphatic heterocycles. The number of piperidine rings is 1. The number of hydrogen-bond donors (Lipinski definition) is 1. The fraction of sp³-hybridized carbons (Fsp3) is 0.562. The zero-order valence-corrected chi connectivity index (χ0v) is 11.8. The molecule has 2 unspecified atom stereocenters. The second-order valence-electron chi connectivity index (χ2n) is 6.28. The van der Waals surface area contributed by atoms with Gasteiger partial charge in [0.15, 0.2) is 0 Å². The van der Waals surface area contributed by atoms with Crippen molar-refractivity contribution in [2.24, 2.45) is 0 Å². The standard InChI is InChI=1S/C16H20FN3/c1-10-8-11(6-7-18-10)16-19-14-5-2-12(17)9-15(14)20(16)13-3-4-13/h2,5,9-11,13,18H,3-4,6-8H2,1H3. The van der Waals surface area contributed by atoms with Crippen LogP contribution < -0.4 is 5.32 Å². The molecule has 1 saturated carbocycles. The Kier molecular flexibility index (Phi) is 2.81. The molecule has 0 spiro atoms. The molecular weight excluding hydrogens is 253 g/mol. The van der Waals surface area contributed by atoms with Crippen LogP contribution in [0.15, 0.2) is 18.2 Å². The fourth-order valence-corrected chi connectivity index (χ4v) is 3.46. The lowest BCUT2D eigenvalue weighted by Crippen LogP contribution is -2.35. The van der Waals surface area contributed by atoms with E-state index < -0.39 is 0 Å². The number of nitrogens with one attached hydrogen (secondary N) is 1. The quantitative estimate of drug-likeness (QED) is 0.909. The first-order chi connectivity index (χ1) is 9.72. The Bertz CT molecular complexity index is 644. The van der Waals surface area contributed by atoms with Crippen LogP contribution in [0.4, 0.5) is 4.39 Å². The summed E-state index contributed by atoms with van der Waals surface area (Å²) in [6.07, 6.45) is 4.66. The maximum Gasteiger partial charge on any atom is 0.125 e. The molecule has 1 aliphatic carbocycles. The highest BCUT2D eigenvalue weighted by Gasteiger charge is 2.32. The van der Waals surface area contributed by atoms with E-state index >= 15 is 0 Å². The molecule has 1 aromatic carbocycles. The average molecular weight is 273 g/mol. The van der Waals surface area contributed by atoms with E-state index in [2.05, 4.69) is 16.8 Å². The van der Waals surface area contributed by atoms with Crippen LogP contribution >= 0.6 is 0 Å². The van der Waals surface area contributed by atoms with Crippen molar-refractivity contribution >= 4 is 11.0 Å². The summed E-state index contributed by atoms with van der Waals surface area (Å²) in [6, 6.07) is 6.06. The summed E-state index contributed by atoms with van der Waals surface area (Å²) in [5, 5.41) is 3.49. The van der Waals surface area contributed by atoms with Crippen LogP contribution in [0.1, 0.15) is 50.4 Å². The van der Waals surface area contributed by atoms with Gasteiger partial charge in [0.25, 0.3) is 0 Å². The summed E-state index contributed by atoms with van der Waals surface area (Å²) in [6.45, 7) is 3.28. The first-order valence-corrected chi connectivity index (χ1v) is 7.63. The zero-order chi connectivity index (χ0) is 13.7. The van der Waals surface area contributed by atoms with E-state index in [9.17, 15) is 4.39 Å². The topological polar surface area (TPSA) is 29.9 Å². The molecule has 4 heteroatoms. The molecule has 0 bridgehead atoms. The van der Waals surface area contributed by atoms with E-state index in [1.165, 1.54) is 24.7 Å². The minimum Gasteiger partial charge on any atom is -0.325 e. The van der Waals surface area contributed by atoms with Crippen molar-refractivity contribution in [1.82, 2.24) is 14.9 Å². The lowest BCUT2D eigenvalue weighted by atomic mass is 9.92. The van der Waals surface area contributed by atoms with Gasteiger partial charge in [-0.2, -0.15) is 0 Å². The normalized spacial score (nSPS) is 27.1. The van der Waals surface area contributed by atoms with Crippen molar-refractivity contribution in [2.75, 3.05) is 6.54 Å². The number of nitrogens with zero attached hydrogens (tertiary/aromatic N) is 2. The van der Waals surface area contributed by atoms with E-state index in [1.54, 1.807) is 6.07 Å². The minimum atomic E-state index is -0.162. The summed E-state index contributed by atoms with van der Waals surface area (Å²) in [5.74, 6) is 1.52. The average Bonchev–Trinajstić information content (AvgIpc) is 3.19. The first-order valence-electron chi connectivity index (χ1n) is 7.63. The van der Waals surface area contributed by atoms with Crippen molar-refractivity contribution in [1.29, 1.82) is 0 Å². The number of rotatable bonds is 2. The number of fused-ring (bicyclic) bond motifs is 1. The molecular formula is C16H20FN3. The minimum absolute atomic E-state index is 0.162. The molecule has 2 aliphatic rings. The summed E-state index contributed by atoms with van der Waals surface area (Å²) < 4.78 is 15.9. The number of hydrogen-bond acceptors (Lipinski definition) is 2. The van der Waals surface area contributed by atoms with Crippen LogP contribution in [0, 0.1) is 5.82 Å². The summed E-state index contributed by atoms with van der Waals surface area (Å²) in [4.78, 5) is 4.84. The molecule has 2 atom stereocenters. The Morgan fingerprint density at radius 2 is 2.15 bits per heavy atom. The van der Waals surface area contributed by atoms with Gasteiger partial charge in [-0.05, 0) is 57.4 Å². The molecule has 0 radical (unpaired) electrons. The van der Waals surface area contributed by atoms with Gasteiger partial charge in [0.1, 0.15) is 11.6 Å². The molecule has 0 amide bonds. The molecule has 1 saturated heterocycles. The van der Waals surface area contributed by atoms with Crippen molar-refractivity contribution in [3.8, 4) is 0 Å². The van der Waals surface area contributed by atoms with Crippen LogP contribution in [0.5, 0.6) is 0 Å². The number of aromatic nitrogens is 2. The Balaban J connectivity index is 1.83. The SMILES string of the molecule is CC1CC(c2nc3ccc(F)cc3n2C2CC2)CCN1. The highest BCUT2D eigenvalue weighted by molar-refractivity contribution is 5.76. The van der Waals surface area contributed by atoms with Gasteiger partial charge in [-0.25, -0.2) is 9.37 Å². The van der Waals surface area contributed by atoms with Gasteiger partial charge in [0.05, 0.1) is 11.0 Å². The monoisotopic (exact) mass is 273 g/mol. The van der Waals surface area contributed by atoms with Gasteiger partial charge in [0, 0.05) is 18.0 Å². The molecule has 106 valence electrons. The van der Waals surface area contributed by atoms with Crippen molar-refractivity contribution < 1.29 is 4.39 Å². The highest BCUT2D eigenvalue weighted by Crippen LogP contribution is 2.42. The van der Waals surface area contributed by atoms with Crippen molar-refractivity contribution in [3.05, 3.63) is 29.8 Å². The van der Waals surface area contributed by atoms with E-state index in [4.69, 9.17) is 4.98 Å². The fourth-order valence-electron chi connectivity index (χ4n) is 3.46. The van der Waals surface area contributed by atoms with Gasteiger partial charge in [-0.1, -0.05) is 0 Å². The molecule has 20 heavy (non-hydrogen) atoms. The van der Waals surface area contributed by atoms with Gasteiger partial charge in [-0.3, -0.25) is 0 Å². The summed E-state index contributed by atoms with van der Waals surface area (Å²) in [5.41, 5.74) is 1.92. The Labute approximate surface area is 118 Å². The highest BCUT2D eigenvalue weighted by atomic mass is 19.1. The van der Waals surface area contributed by atoms with E-state index in [0.717, 1.165) is 30.4 Å². The predicted molar refractivity (Wildman–Crippen MR) is 77.4 cm³/mol. The molecule has 3 nitrogen and oxygen atoms in total. The lowest BCUT2D eigenvalue weighted by molar-refractivity contribution is 0.364. The third kappa shape index (κ3) is 2.03. The predicted octanol–water partition coefficient (Wildman–Crippen LogP) is 3.37. The van der Waals surface area contributed by atoms with Crippen LogP contribution in [-0.2, 0) is 0 Å². The zero-order valence-electron chi connectivity index (χ0n) is 11.8. The lowest BCUT2D eigenvalue weighted by Gasteiger charge is -2.28. The molecule has 2 heterocycles. The third-order valence-electron chi connectivity index (χ3n) is 4.58. The van der Waals surface area contributed by atoms with Gasteiger partial charge >= 0.3 is 0 Å². The molecule has 4 rings (SSSR count). The van der Waals surface area contributed by atoms with Crippen molar-refractivity contribution in [2.45, 2.75) is 50.6 Å². The number of halogens is 1. The molecule has 2 aromatic rings.